The molecule has 1 saturated carbocycles. The number of hydrogen-bond acceptors (Lipinski definition) is 3. The molecular weight excluding hydrogens is 354 g/mol. The van der Waals surface area contributed by atoms with Gasteiger partial charge in [-0.05, 0) is 55.5 Å². The van der Waals surface area contributed by atoms with E-state index in [4.69, 9.17) is 11.6 Å². The summed E-state index contributed by atoms with van der Waals surface area (Å²) in [6.07, 6.45) is 6.27. The molecule has 136 valence electrons. The molecule has 1 aromatic heterocycles. The molecule has 1 saturated heterocycles. The summed E-state index contributed by atoms with van der Waals surface area (Å²) in [7, 11) is 0. The zero-order valence-electron chi connectivity index (χ0n) is 14.2. The minimum absolute atomic E-state index is 0.0121. The van der Waals surface area contributed by atoms with Crippen LogP contribution in [0.2, 0.25) is 5.02 Å². The number of likely N-dealkylation sites (tertiary alicyclic amines) is 1. The van der Waals surface area contributed by atoms with Crippen molar-refractivity contribution < 1.29 is 14.7 Å². The predicted octanol–water partition coefficient (Wildman–Crippen LogP) is 3.38. The fourth-order valence-electron chi connectivity index (χ4n) is 4.28. The summed E-state index contributed by atoms with van der Waals surface area (Å²) in [4.78, 5) is 26.4. The van der Waals surface area contributed by atoms with Crippen LogP contribution in [0.4, 0.5) is 0 Å². The van der Waals surface area contributed by atoms with Gasteiger partial charge in [-0.15, -0.1) is 0 Å². The molecular formula is C19H20ClN3O3. The van der Waals surface area contributed by atoms with Gasteiger partial charge in [0.05, 0.1) is 5.69 Å². The Labute approximate surface area is 156 Å². The van der Waals surface area contributed by atoms with Gasteiger partial charge in [-0.1, -0.05) is 24.4 Å². The quantitative estimate of drug-likeness (QED) is 0.894. The fraction of sp³-hybridized carbons (Fsp3) is 0.421. The maximum absolute atomic E-state index is 13.1. The lowest BCUT2D eigenvalue weighted by Crippen LogP contribution is -2.46. The molecule has 1 aromatic carbocycles. The molecule has 6 nitrogen and oxygen atoms in total. The van der Waals surface area contributed by atoms with E-state index in [0.29, 0.717) is 11.4 Å². The van der Waals surface area contributed by atoms with Gasteiger partial charge in [0.2, 0.25) is 0 Å². The average Bonchev–Trinajstić information content (AvgIpc) is 3.27. The number of carboxylic acids is 1. The van der Waals surface area contributed by atoms with Crippen molar-refractivity contribution in [3.63, 3.8) is 0 Å². The lowest BCUT2D eigenvalue weighted by atomic mass is 9.84. The molecule has 1 amide bonds. The van der Waals surface area contributed by atoms with Gasteiger partial charge in [0.1, 0.15) is 6.04 Å². The monoisotopic (exact) mass is 373 g/mol. The summed E-state index contributed by atoms with van der Waals surface area (Å²) in [6, 6.07) is 8.05. The Hall–Kier alpha value is -2.34. The highest BCUT2D eigenvalue weighted by Crippen LogP contribution is 2.40. The van der Waals surface area contributed by atoms with Crippen molar-refractivity contribution in [1.29, 1.82) is 0 Å². The number of nitrogens with zero attached hydrogens (tertiary/aromatic N) is 3. The molecule has 1 aliphatic heterocycles. The first-order valence-corrected chi connectivity index (χ1v) is 9.29. The molecule has 2 aliphatic rings. The number of aliphatic carboxylic acids is 1. The number of benzene rings is 1. The van der Waals surface area contributed by atoms with Crippen molar-refractivity contribution in [2.75, 3.05) is 0 Å². The number of halogens is 1. The molecule has 0 bridgehead atoms. The molecule has 3 unspecified atom stereocenters. The first-order chi connectivity index (χ1) is 12.5. The minimum atomic E-state index is -0.926. The Morgan fingerprint density at radius 2 is 1.85 bits per heavy atom. The van der Waals surface area contributed by atoms with Gasteiger partial charge >= 0.3 is 5.97 Å². The largest absolute Gasteiger partial charge is 0.480 e. The molecule has 3 atom stereocenters. The standard InChI is InChI=1S/C19H20ClN3O3/c20-13-5-7-14(8-6-13)22-10-9-15(21-22)18(24)23-16-4-2-1-3-12(16)11-17(23)19(25)26/h5-10,12,16-17H,1-4,11H2,(H,25,26). The van der Waals surface area contributed by atoms with Gasteiger partial charge in [-0.3, -0.25) is 4.79 Å². The van der Waals surface area contributed by atoms with Crippen LogP contribution >= 0.6 is 11.6 Å². The van der Waals surface area contributed by atoms with Crippen molar-refractivity contribution in [3.8, 4) is 5.69 Å². The number of carboxylic acid groups (broad SMARTS) is 1. The van der Waals surface area contributed by atoms with Crippen LogP contribution in [-0.4, -0.2) is 43.7 Å². The predicted molar refractivity (Wildman–Crippen MR) is 96.5 cm³/mol. The van der Waals surface area contributed by atoms with Crippen LogP contribution in [-0.2, 0) is 4.79 Å². The van der Waals surface area contributed by atoms with Crippen molar-refractivity contribution >= 4 is 23.5 Å². The van der Waals surface area contributed by atoms with Gasteiger partial charge in [0.25, 0.3) is 5.91 Å². The van der Waals surface area contributed by atoms with Crippen molar-refractivity contribution in [2.24, 2.45) is 5.92 Å². The SMILES string of the molecule is O=C(O)C1CC2CCCCC2N1C(=O)c1ccn(-c2ccc(Cl)cc2)n1. The second-order valence-corrected chi connectivity index (χ2v) is 7.47. The molecule has 0 spiro atoms. The van der Waals surface area contributed by atoms with Crippen LogP contribution in [0.25, 0.3) is 5.69 Å². The number of carbonyl (C=O) groups is 2. The maximum atomic E-state index is 13.1. The molecule has 1 N–H and O–H groups in total. The molecule has 4 rings (SSSR count). The van der Waals surface area contributed by atoms with Gasteiger partial charge in [-0.2, -0.15) is 5.10 Å². The van der Waals surface area contributed by atoms with E-state index in [2.05, 4.69) is 5.10 Å². The van der Waals surface area contributed by atoms with Crippen LogP contribution in [0.1, 0.15) is 42.6 Å². The minimum Gasteiger partial charge on any atom is -0.480 e. The van der Waals surface area contributed by atoms with Crippen molar-refractivity contribution in [1.82, 2.24) is 14.7 Å². The molecule has 2 heterocycles. The molecule has 26 heavy (non-hydrogen) atoms. The second-order valence-electron chi connectivity index (χ2n) is 7.04. The van der Waals surface area contributed by atoms with E-state index in [1.165, 1.54) is 0 Å². The Balaban J connectivity index is 1.61. The van der Waals surface area contributed by atoms with E-state index in [0.717, 1.165) is 31.4 Å². The Bertz CT molecular complexity index is 833. The van der Waals surface area contributed by atoms with E-state index < -0.39 is 12.0 Å². The van der Waals surface area contributed by atoms with E-state index >= 15 is 0 Å². The Kier molecular flexibility index (Phi) is 4.44. The molecule has 0 radical (unpaired) electrons. The zero-order valence-corrected chi connectivity index (χ0v) is 15.0. The number of carbonyl (C=O) groups excluding carboxylic acids is 1. The van der Waals surface area contributed by atoms with Crippen molar-refractivity contribution in [2.45, 2.75) is 44.2 Å². The Morgan fingerprint density at radius 3 is 2.58 bits per heavy atom. The third-order valence-corrected chi connectivity index (χ3v) is 5.76. The number of rotatable bonds is 3. The number of hydrogen-bond donors (Lipinski definition) is 1. The average molecular weight is 374 g/mol. The molecule has 2 fully saturated rings. The molecule has 7 heteroatoms. The number of aromatic nitrogens is 2. The first-order valence-electron chi connectivity index (χ1n) is 8.91. The van der Waals surface area contributed by atoms with Crippen LogP contribution in [0, 0.1) is 5.92 Å². The van der Waals surface area contributed by atoms with Gasteiger partial charge in [0.15, 0.2) is 5.69 Å². The van der Waals surface area contributed by atoms with E-state index in [1.54, 1.807) is 34.0 Å². The Morgan fingerprint density at radius 1 is 1.12 bits per heavy atom. The summed E-state index contributed by atoms with van der Waals surface area (Å²) >= 11 is 5.91. The first kappa shape index (κ1) is 17.1. The normalized spacial score (nSPS) is 25.1. The summed E-state index contributed by atoms with van der Waals surface area (Å²) in [5.74, 6) is -0.934. The third-order valence-electron chi connectivity index (χ3n) is 5.51. The highest BCUT2D eigenvalue weighted by molar-refractivity contribution is 6.30. The number of fused-ring (bicyclic) bond motifs is 1. The van der Waals surface area contributed by atoms with E-state index in [1.807, 2.05) is 12.1 Å². The van der Waals surface area contributed by atoms with Crippen LogP contribution in [0.5, 0.6) is 0 Å². The topological polar surface area (TPSA) is 75.4 Å². The van der Waals surface area contributed by atoms with Crippen LogP contribution in [0.15, 0.2) is 36.5 Å². The summed E-state index contributed by atoms with van der Waals surface area (Å²) in [6.45, 7) is 0. The molecule has 2 aromatic rings. The summed E-state index contributed by atoms with van der Waals surface area (Å²) < 4.78 is 1.60. The summed E-state index contributed by atoms with van der Waals surface area (Å²) in [5, 5.41) is 14.6. The van der Waals surface area contributed by atoms with Gasteiger partial charge in [0, 0.05) is 17.3 Å². The lowest BCUT2D eigenvalue weighted by Gasteiger charge is -2.32. The van der Waals surface area contributed by atoms with E-state index in [-0.39, 0.29) is 23.6 Å². The zero-order chi connectivity index (χ0) is 18.3. The van der Waals surface area contributed by atoms with Crippen LogP contribution < -0.4 is 0 Å². The summed E-state index contributed by atoms with van der Waals surface area (Å²) in [5.41, 5.74) is 1.07. The van der Waals surface area contributed by atoms with Crippen LogP contribution in [0.3, 0.4) is 0 Å². The maximum Gasteiger partial charge on any atom is 0.326 e. The number of amides is 1. The van der Waals surface area contributed by atoms with Crippen molar-refractivity contribution in [3.05, 3.63) is 47.2 Å². The highest BCUT2D eigenvalue weighted by atomic mass is 35.5. The van der Waals surface area contributed by atoms with Gasteiger partial charge < -0.3 is 10.0 Å². The fourth-order valence-corrected chi connectivity index (χ4v) is 4.41. The lowest BCUT2D eigenvalue weighted by molar-refractivity contribution is -0.141. The third kappa shape index (κ3) is 2.98. The highest BCUT2D eigenvalue weighted by Gasteiger charge is 2.48. The second kappa shape index (κ2) is 6.76. The molecule has 1 aliphatic carbocycles. The van der Waals surface area contributed by atoms with Gasteiger partial charge in [-0.25, -0.2) is 9.48 Å². The van der Waals surface area contributed by atoms with E-state index in [9.17, 15) is 14.7 Å². The smallest absolute Gasteiger partial charge is 0.326 e.